The first-order valence-electron chi connectivity index (χ1n) is 6.77. The van der Waals surface area contributed by atoms with Crippen molar-refractivity contribution in [2.24, 2.45) is 0 Å². The SMILES string of the molecule is CCC1(CC)CNC(C)C(c2cccc(Cl)c2)O1. The van der Waals surface area contributed by atoms with E-state index in [2.05, 4.69) is 32.2 Å². The number of rotatable bonds is 3. The third kappa shape index (κ3) is 2.71. The molecule has 0 saturated carbocycles. The molecule has 1 N–H and O–H groups in total. The van der Waals surface area contributed by atoms with Gasteiger partial charge in [-0.2, -0.15) is 0 Å². The second-order valence-corrected chi connectivity index (χ2v) is 5.59. The molecule has 1 fully saturated rings. The van der Waals surface area contributed by atoms with Gasteiger partial charge in [0.25, 0.3) is 0 Å². The lowest BCUT2D eigenvalue weighted by atomic mass is 9.91. The highest BCUT2D eigenvalue weighted by Gasteiger charge is 2.38. The van der Waals surface area contributed by atoms with E-state index in [1.807, 2.05) is 18.2 Å². The Morgan fingerprint density at radius 2 is 2.11 bits per heavy atom. The lowest BCUT2D eigenvalue weighted by Gasteiger charge is -2.44. The molecule has 1 aromatic rings. The van der Waals surface area contributed by atoms with Gasteiger partial charge in [-0.3, -0.25) is 0 Å². The lowest BCUT2D eigenvalue weighted by molar-refractivity contribution is -0.139. The van der Waals surface area contributed by atoms with Gasteiger partial charge in [0.15, 0.2) is 0 Å². The summed E-state index contributed by atoms with van der Waals surface area (Å²) in [6.07, 6.45) is 2.14. The maximum atomic E-state index is 6.40. The average Bonchev–Trinajstić information content (AvgIpc) is 2.40. The van der Waals surface area contributed by atoms with Gasteiger partial charge in [0.1, 0.15) is 0 Å². The molecule has 2 rings (SSSR count). The molecule has 2 unspecified atom stereocenters. The summed E-state index contributed by atoms with van der Waals surface area (Å²) >= 11 is 6.07. The average molecular weight is 268 g/mol. The zero-order chi connectivity index (χ0) is 13.2. The van der Waals surface area contributed by atoms with E-state index in [4.69, 9.17) is 16.3 Å². The number of benzene rings is 1. The van der Waals surface area contributed by atoms with Crippen LogP contribution in [0, 0.1) is 0 Å². The van der Waals surface area contributed by atoms with Crippen molar-refractivity contribution in [1.29, 1.82) is 0 Å². The van der Waals surface area contributed by atoms with E-state index in [0.717, 1.165) is 30.0 Å². The van der Waals surface area contributed by atoms with Crippen LogP contribution in [0.5, 0.6) is 0 Å². The smallest absolute Gasteiger partial charge is 0.0983 e. The summed E-state index contributed by atoms with van der Waals surface area (Å²) in [5.41, 5.74) is 1.12. The fraction of sp³-hybridized carbons (Fsp3) is 0.600. The van der Waals surface area contributed by atoms with E-state index in [9.17, 15) is 0 Å². The van der Waals surface area contributed by atoms with Crippen LogP contribution in [-0.2, 0) is 4.74 Å². The summed E-state index contributed by atoms with van der Waals surface area (Å²) in [4.78, 5) is 0. The Labute approximate surface area is 115 Å². The third-order valence-corrected chi connectivity index (χ3v) is 4.28. The predicted octanol–water partition coefficient (Wildman–Crippen LogP) is 3.95. The molecule has 3 heteroatoms. The maximum Gasteiger partial charge on any atom is 0.0983 e. The van der Waals surface area contributed by atoms with E-state index >= 15 is 0 Å². The highest BCUT2D eigenvalue weighted by Crippen LogP contribution is 2.35. The Balaban J connectivity index is 2.25. The monoisotopic (exact) mass is 267 g/mol. The largest absolute Gasteiger partial charge is 0.364 e. The van der Waals surface area contributed by atoms with Gasteiger partial charge < -0.3 is 10.1 Å². The Morgan fingerprint density at radius 1 is 1.39 bits per heavy atom. The molecule has 1 aliphatic heterocycles. The van der Waals surface area contributed by atoms with Crippen molar-refractivity contribution < 1.29 is 4.74 Å². The number of ether oxygens (including phenoxy) is 1. The predicted molar refractivity (Wildman–Crippen MR) is 76.1 cm³/mol. The van der Waals surface area contributed by atoms with E-state index in [0.29, 0.717) is 6.04 Å². The van der Waals surface area contributed by atoms with Crippen LogP contribution in [0.2, 0.25) is 5.02 Å². The molecule has 1 aromatic carbocycles. The zero-order valence-corrected chi connectivity index (χ0v) is 12.1. The first-order valence-corrected chi connectivity index (χ1v) is 7.14. The van der Waals surface area contributed by atoms with Gasteiger partial charge in [-0.1, -0.05) is 37.6 Å². The van der Waals surface area contributed by atoms with Crippen LogP contribution in [0.3, 0.4) is 0 Å². The quantitative estimate of drug-likeness (QED) is 0.895. The van der Waals surface area contributed by atoms with Crippen LogP contribution < -0.4 is 5.32 Å². The van der Waals surface area contributed by atoms with Gasteiger partial charge in [0.05, 0.1) is 11.7 Å². The topological polar surface area (TPSA) is 21.3 Å². The van der Waals surface area contributed by atoms with Crippen molar-refractivity contribution in [3.05, 3.63) is 34.9 Å². The van der Waals surface area contributed by atoms with Crippen molar-refractivity contribution >= 4 is 11.6 Å². The number of nitrogens with one attached hydrogen (secondary N) is 1. The normalized spacial score (nSPS) is 27.1. The Bertz CT molecular complexity index is 403. The van der Waals surface area contributed by atoms with Gasteiger partial charge in [0.2, 0.25) is 0 Å². The zero-order valence-electron chi connectivity index (χ0n) is 11.4. The molecule has 0 radical (unpaired) electrons. The fourth-order valence-electron chi connectivity index (χ4n) is 2.57. The summed E-state index contributed by atoms with van der Waals surface area (Å²) in [6, 6.07) is 8.30. The Kier molecular flexibility index (Phi) is 4.31. The Hall–Kier alpha value is -0.570. The molecular weight excluding hydrogens is 246 g/mol. The standard InChI is InChI=1S/C15H22ClNO/c1-4-15(5-2)10-17-11(3)14(18-15)12-7-6-8-13(16)9-12/h6-9,11,14,17H,4-5,10H2,1-3H3. The van der Waals surface area contributed by atoms with Crippen molar-refractivity contribution in [2.45, 2.75) is 51.4 Å². The summed E-state index contributed by atoms with van der Waals surface area (Å²) < 4.78 is 6.40. The van der Waals surface area contributed by atoms with Crippen molar-refractivity contribution in [2.75, 3.05) is 6.54 Å². The molecule has 1 saturated heterocycles. The molecule has 0 aliphatic carbocycles. The Morgan fingerprint density at radius 3 is 2.72 bits per heavy atom. The van der Waals surface area contributed by atoms with Crippen LogP contribution in [0.4, 0.5) is 0 Å². The molecule has 0 aromatic heterocycles. The van der Waals surface area contributed by atoms with E-state index < -0.39 is 0 Å². The molecule has 1 aliphatic rings. The molecule has 100 valence electrons. The van der Waals surface area contributed by atoms with Crippen LogP contribution >= 0.6 is 11.6 Å². The molecule has 1 heterocycles. The second-order valence-electron chi connectivity index (χ2n) is 5.15. The van der Waals surface area contributed by atoms with Gasteiger partial charge >= 0.3 is 0 Å². The summed E-state index contributed by atoms with van der Waals surface area (Å²) in [6.45, 7) is 7.48. The van der Waals surface area contributed by atoms with Gasteiger partial charge in [-0.15, -0.1) is 0 Å². The number of hydrogen-bond donors (Lipinski definition) is 1. The first-order chi connectivity index (χ1) is 8.60. The number of morpholine rings is 1. The van der Waals surface area contributed by atoms with E-state index in [-0.39, 0.29) is 11.7 Å². The molecular formula is C15H22ClNO. The summed E-state index contributed by atoms with van der Waals surface area (Å²) in [7, 11) is 0. The number of hydrogen-bond acceptors (Lipinski definition) is 2. The second kappa shape index (κ2) is 5.60. The minimum Gasteiger partial charge on any atom is -0.364 e. The fourth-order valence-corrected chi connectivity index (χ4v) is 2.77. The highest BCUT2D eigenvalue weighted by atomic mass is 35.5. The van der Waals surface area contributed by atoms with Crippen LogP contribution in [0.1, 0.15) is 45.3 Å². The van der Waals surface area contributed by atoms with Crippen molar-refractivity contribution in [3.8, 4) is 0 Å². The van der Waals surface area contributed by atoms with Crippen LogP contribution in [-0.4, -0.2) is 18.2 Å². The minimum absolute atomic E-state index is 0.0422. The van der Waals surface area contributed by atoms with Crippen LogP contribution in [0.15, 0.2) is 24.3 Å². The molecule has 0 spiro atoms. The third-order valence-electron chi connectivity index (χ3n) is 4.04. The molecule has 2 nitrogen and oxygen atoms in total. The van der Waals surface area contributed by atoms with E-state index in [1.54, 1.807) is 0 Å². The molecule has 0 bridgehead atoms. The summed E-state index contributed by atoms with van der Waals surface area (Å²) in [5, 5.41) is 4.35. The highest BCUT2D eigenvalue weighted by molar-refractivity contribution is 6.30. The summed E-state index contributed by atoms with van der Waals surface area (Å²) in [5.74, 6) is 0. The molecule has 2 atom stereocenters. The van der Waals surface area contributed by atoms with Gasteiger partial charge in [0, 0.05) is 17.6 Å². The van der Waals surface area contributed by atoms with E-state index in [1.165, 1.54) is 0 Å². The lowest BCUT2D eigenvalue weighted by Crippen LogP contribution is -2.54. The molecule has 18 heavy (non-hydrogen) atoms. The van der Waals surface area contributed by atoms with Crippen molar-refractivity contribution in [3.63, 3.8) is 0 Å². The maximum absolute atomic E-state index is 6.40. The number of halogens is 1. The first kappa shape index (κ1) is 13.9. The minimum atomic E-state index is -0.0422. The van der Waals surface area contributed by atoms with Crippen LogP contribution in [0.25, 0.3) is 0 Å². The van der Waals surface area contributed by atoms with Gasteiger partial charge in [-0.05, 0) is 37.5 Å². The molecule has 0 amide bonds. The van der Waals surface area contributed by atoms with Gasteiger partial charge in [-0.25, -0.2) is 0 Å². The van der Waals surface area contributed by atoms with Crippen molar-refractivity contribution in [1.82, 2.24) is 5.32 Å².